The van der Waals surface area contributed by atoms with Crippen molar-refractivity contribution in [2.75, 3.05) is 6.61 Å². The maximum atomic E-state index is 11.7. The van der Waals surface area contributed by atoms with Gasteiger partial charge < -0.3 is 44.5 Å². The lowest BCUT2D eigenvalue weighted by Crippen LogP contribution is -2.62. The van der Waals surface area contributed by atoms with E-state index in [-0.39, 0.29) is 57.7 Å². The number of aliphatic hydroxyl groups excluding tert-OH is 4. The van der Waals surface area contributed by atoms with Crippen LogP contribution in [0.15, 0.2) is 11.6 Å². The minimum Gasteiger partial charge on any atom is -0.388 e. The molecule has 9 heteroatoms. The second-order valence-electron chi connectivity index (χ2n) is 17.8. The molecule has 3 saturated heterocycles. The van der Waals surface area contributed by atoms with E-state index in [4.69, 9.17) is 18.9 Å². The molecule has 0 amide bonds. The van der Waals surface area contributed by atoms with E-state index in [2.05, 4.69) is 40.7 Å². The summed E-state index contributed by atoms with van der Waals surface area (Å²) in [4.78, 5) is 0. The fourth-order valence-corrected chi connectivity index (χ4v) is 13.1. The molecule has 5 N–H and O–H groups in total. The van der Waals surface area contributed by atoms with Crippen molar-refractivity contribution in [1.82, 2.24) is 0 Å². The molecule has 0 aromatic rings. The normalized spacial score (nSPS) is 61.5. The van der Waals surface area contributed by atoms with Gasteiger partial charge in [-0.1, -0.05) is 46.3 Å². The van der Waals surface area contributed by atoms with E-state index < -0.39 is 48.2 Å². The molecule has 44 heavy (non-hydrogen) atoms. The maximum absolute atomic E-state index is 11.7. The van der Waals surface area contributed by atoms with Crippen LogP contribution >= 0.6 is 0 Å². The molecule has 0 radical (unpaired) electrons. The van der Waals surface area contributed by atoms with Crippen LogP contribution in [0.1, 0.15) is 93.4 Å². The third-order valence-electron chi connectivity index (χ3n) is 15.5. The number of rotatable bonds is 2. The van der Waals surface area contributed by atoms with Crippen molar-refractivity contribution in [1.29, 1.82) is 0 Å². The van der Waals surface area contributed by atoms with Crippen LogP contribution in [0, 0.1) is 44.8 Å². The van der Waals surface area contributed by atoms with Crippen LogP contribution in [0.25, 0.3) is 0 Å². The number of ether oxygens (including phenoxy) is 4. The molecule has 248 valence electrons. The molecule has 0 bridgehead atoms. The Morgan fingerprint density at radius 1 is 0.932 bits per heavy atom. The smallest absolute Gasteiger partial charge is 0.222 e. The number of aliphatic hydroxyl groups is 5. The molecule has 4 saturated carbocycles. The van der Waals surface area contributed by atoms with Crippen molar-refractivity contribution in [3.63, 3.8) is 0 Å². The van der Waals surface area contributed by atoms with Crippen molar-refractivity contribution in [3.05, 3.63) is 11.6 Å². The Kier molecular flexibility index (Phi) is 6.20. The van der Waals surface area contributed by atoms with Gasteiger partial charge in [-0.3, -0.25) is 0 Å². The SMILES string of the molecule is C[C@H]1[C@H]2[C@H](C[C@@]3(C)C4=CC[C@H]5C(C)(C)[C@@H](O[C@@H]6OC[C@@H](O)[C@H](O)[C@H]6O)CC[C@@]56C[C@@]46CC[C@]23C)O[C@]2(O)[C@@H]1OC(C)(C)[C@H]2O. The summed E-state index contributed by atoms with van der Waals surface area (Å²) in [6.45, 7) is 15.3. The summed E-state index contributed by atoms with van der Waals surface area (Å²) in [6, 6.07) is 0. The Morgan fingerprint density at radius 3 is 2.39 bits per heavy atom. The summed E-state index contributed by atoms with van der Waals surface area (Å²) in [5.41, 5.74) is 0.859. The third-order valence-corrected chi connectivity index (χ3v) is 15.5. The summed E-state index contributed by atoms with van der Waals surface area (Å²) < 4.78 is 25.1. The van der Waals surface area contributed by atoms with E-state index in [1.807, 2.05) is 13.8 Å². The number of allylic oxidation sites excluding steroid dienone is 2. The summed E-state index contributed by atoms with van der Waals surface area (Å²) in [6.07, 6.45) is 3.19. The first kappa shape index (κ1) is 30.7. The van der Waals surface area contributed by atoms with Crippen molar-refractivity contribution in [3.8, 4) is 0 Å². The molecule has 0 aromatic carbocycles. The van der Waals surface area contributed by atoms with Gasteiger partial charge in [0, 0.05) is 0 Å². The lowest BCUT2D eigenvalue weighted by atomic mass is 9.45. The average Bonchev–Trinajstić information content (AvgIpc) is 3.49. The predicted octanol–water partition coefficient (Wildman–Crippen LogP) is 3.04. The van der Waals surface area contributed by atoms with Crippen molar-refractivity contribution in [2.45, 2.75) is 154 Å². The second-order valence-corrected chi connectivity index (χ2v) is 17.8. The quantitative estimate of drug-likeness (QED) is 0.296. The van der Waals surface area contributed by atoms with E-state index in [9.17, 15) is 25.5 Å². The summed E-state index contributed by atoms with van der Waals surface area (Å²) in [5.74, 6) is -1.00. The summed E-state index contributed by atoms with van der Waals surface area (Å²) in [5, 5.41) is 53.6. The maximum Gasteiger partial charge on any atom is 0.222 e. The van der Waals surface area contributed by atoms with E-state index in [0.717, 1.165) is 38.5 Å². The highest BCUT2D eigenvalue weighted by molar-refractivity contribution is 5.46. The molecule has 9 nitrogen and oxygen atoms in total. The first-order valence-electron chi connectivity index (χ1n) is 17.2. The standard InChI is InChI=1S/C35H54O9/c1-17-23-19(43-35(40)26(17)44-30(4,5)28(35)39)14-32(7)21-9-8-20-29(2,3)22(42-27-25(38)24(37)18(36)15-41-27)10-11-33(20)16-34(21,33)13-12-31(23,32)6/h9,17-20,22-28,36-40H,8,10-16H2,1-7H3/t17-,18+,19-,20-,22-,23-,24-,25+,26+,27-,28+,31+,32-,33+,34-,35+/m0/s1. The molecular weight excluding hydrogens is 564 g/mol. The molecule has 16 atom stereocenters. The van der Waals surface area contributed by atoms with Crippen LogP contribution in [0.5, 0.6) is 0 Å². The highest BCUT2D eigenvalue weighted by Crippen LogP contribution is 2.88. The van der Waals surface area contributed by atoms with Crippen LogP contribution in [0.4, 0.5) is 0 Å². The molecule has 7 fully saturated rings. The highest BCUT2D eigenvalue weighted by Gasteiger charge is 2.82. The van der Waals surface area contributed by atoms with Gasteiger partial charge in [0.15, 0.2) is 6.29 Å². The minimum atomic E-state index is -1.69. The van der Waals surface area contributed by atoms with Crippen LogP contribution in [0.2, 0.25) is 0 Å². The first-order chi connectivity index (χ1) is 20.4. The largest absolute Gasteiger partial charge is 0.388 e. The number of hydrogen-bond acceptors (Lipinski definition) is 9. The second kappa shape index (κ2) is 8.88. The van der Waals surface area contributed by atoms with E-state index in [1.54, 1.807) is 5.57 Å². The highest BCUT2D eigenvalue weighted by atomic mass is 16.7. The Morgan fingerprint density at radius 2 is 1.66 bits per heavy atom. The monoisotopic (exact) mass is 618 g/mol. The Labute approximate surface area is 261 Å². The summed E-state index contributed by atoms with van der Waals surface area (Å²) >= 11 is 0. The van der Waals surface area contributed by atoms with Crippen LogP contribution < -0.4 is 0 Å². The van der Waals surface area contributed by atoms with Crippen LogP contribution in [0.3, 0.4) is 0 Å². The lowest BCUT2D eigenvalue weighted by Gasteiger charge is -2.60. The topological polar surface area (TPSA) is 138 Å². The Hall–Kier alpha value is -0.620. The van der Waals surface area contributed by atoms with Gasteiger partial charge in [0.25, 0.3) is 0 Å². The molecule has 3 aliphatic heterocycles. The van der Waals surface area contributed by atoms with Gasteiger partial charge in [0.05, 0.1) is 24.4 Å². The van der Waals surface area contributed by atoms with Gasteiger partial charge in [-0.25, -0.2) is 0 Å². The molecule has 0 unspecified atom stereocenters. The van der Waals surface area contributed by atoms with Gasteiger partial charge in [0.2, 0.25) is 5.79 Å². The van der Waals surface area contributed by atoms with E-state index >= 15 is 0 Å². The zero-order valence-electron chi connectivity index (χ0n) is 27.5. The molecule has 5 aliphatic carbocycles. The third kappa shape index (κ3) is 3.38. The number of fused-ring (bicyclic) bond motifs is 5. The molecule has 0 aromatic heterocycles. The van der Waals surface area contributed by atoms with E-state index in [1.165, 1.54) is 6.42 Å². The predicted molar refractivity (Wildman–Crippen MR) is 159 cm³/mol. The molecule has 2 spiro atoms. The summed E-state index contributed by atoms with van der Waals surface area (Å²) in [7, 11) is 0. The fourth-order valence-electron chi connectivity index (χ4n) is 13.1. The average molecular weight is 619 g/mol. The van der Waals surface area contributed by atoms with Gasteiger partial charge in [0.1, 0.15) is 30.5 Å². The fraction of sp³-hybridized carbons (Fsp3) is 0.943. The van der Waals surface area contributed by atoms with Crippen LogP contribution in [-0.2, 0) is 18.9 Å². The zero-order valence-corrected chi connectivity index (χ0v) is 27.5. The molecular formula is C35H54O9. The van der Waals surface area contributed by atoms with Gasteiger partial charge >= 0.3 is 0 Å². The van der Waals surface area contributed by atoms with Crippen LogP contribution in [-0.4, -0.2) is 92.5 Å². The van der Waals surface area contributed by atoms with Gasteiger partial charge in [-0.15, -0.1) is 0 Å². The van der Waals surface area contributed by atoms with E-state index in [0.29, 0.717) is 5.92 Å². The Balaban J connectivity index is 1.09. The molecule has 3 heterocycles. The first-order valence-corrected chi connectivity index (χ1v) is 17.2. The van der Waals surface area contributed by atoms with Gasteiger partial charge in [-0.2, -0.15) is 0 Å². The molecule has 8 aliphatic rings. The van der Waals surface area contributed by atoms with Crippen molar-refractivity contribution in [2.24, 2.45) is 44.8 Å². The molecule has 8 rings (SSSR count). The van der Waals surface area contributed by atoms with Crippen molar-refractivity contribution >= 4 is 0 Å². The van der Waals surface area contributed by atoms with Gasteiger partial charge in [-0.05, 0) is 104 Å². The lowest BCUT2D eigenvalue weighted by molar-refractivity contribution is -0.327. The van der Waals surface area contributed by atoms with Crippen molar-refractivity contribution < 1.29 is 44.5 Å². The number of hydrogen-bond donors (Lipinski definition) is 5. The minimum absolute atomic E-state index is 0.0111. The Bertz CT molecular complexity index is 1270. The zero-order chi connectivity index (χ0) is 31.6.